The summed E-state index contributed by atoms with van der Waals surface area (Å²) in [4.78, 5) is 24.6. The zero-order chi connectivity index (χ0) is 21.6. The molecule has 0 aromatic heterocycles. The van der Waals surface area contributed by atoms with Crippen LogP contribution in [-0.4, -0.2) is 39.3 Å². The molecule has 9 heteroatoms. The highest BCUT2D eigenvalue weighted by molar-refractivity contribution is 6.35. The third kappa shape index (κ3) is 6.17. The van der Waals surface area contributed by atoms with E-state index in [1.165, 1.54) is 40.4 Å². The zero-order valence-electron chi connectivity index (χ0n) is 16.4. The summed E-state index contributed by atoms with van der Waals surface area (Å²) < 4.78 is 21.0. The molecule has 0 fully saturated rings. The molecule has 0 bridgehead atoms. The molecule has 29 heavy (non-hydrogen) atoms. The van der Waals surface area contributed by atoms with Gasteiger partial charge in [0.15, 0.2) is 17.6 Å². The first-order valence-electron chi connectivity index (χ1n) is 8.52. The van der Waals surface area contributed by atoms with Gasteiger partial charge < -0.3 is 24.3 Å². The number of nitrogens with one attached hydrogen (secondary N) is 1. The Morgan fingerprint density at radius 1 is 0.931 bits per heavy atom. The lowest BCUT2D eigenvalue weighted by Gasteiger charge is -2.16. The number of hydrogen-bond acceptors (Lipinski definition) is 6. The number of methoxy groups -OCH3 is 3. The smallest absolute Gasteiger partial charge is 0.311 e. The van der Waals surface area contributed by atoms with Crippen LogP contribution in [0.2, 0.25) is 10.0 Å². The van der Waals surface area contributed by atoms with Crippen molar-refractivity contribution in [1.29, 1.82) is 0 Å². The van der Waals surface area contributed by atoms with Gasteiger partial charge in [0.05, 0.1) is 27.8 Å². The van der Waals surface area contributed by atoms with E-state index in [-0.39, 0.29) is 6.42 Å². The molecule has 0 aliphatic rings. The van der Waals surface area contributed by atoms with Gasteiger partial charge in [-0.15, -0.1) is 0 Å². The molecular weight excluding hydrogens is 421 g/mol. The summed E-state index contributed by atoms with van der Waals surface area (Å²) in [5.74, 6) is 0.143. The first-order valence-corrected chi connectivity index (χ1v) is 9.28. The molecule has 2 aromatic carbocycles. The van der Waals surface area contributed by atoms with E-state index in [4.69, 9.17) is 42.1 Å². The first-order chi connectivity index (χ1) is 13.8. The van der Waals surface area contributed by atoms with Crippen LogP contribution in [0.1, 0.15) is 12.5 Å². The van der Waals surface area contributed by atoms with Crippen molar-refractivity contribution < 1.29 is 28.5 Å². The van der Waals surface area contributed by atoms with E-state index in [0.29, 0.717) is 38.5 Å². The van der Waals surface area contributed by atoms with Gasteiger partial charge in [-0.05, 0) is 42.8 Å². The monoisotopic (exact) mass is 441 g/mol. The summed E-state index contributed by atoms with van der Waals surface area (Å²) in [6.45, 7) is 1.47. The van der Waals surface area contributed by atoms with Crippen LogP contribution in [0, 0.1) is 0 Å². The second-order valence-electron chi connectivity index (χ2n) is 5.99. The fourth-order valence-corrected chi connectivity index (χ4v) is 3.09. The number of ether oxygens (including phenoxy) is 4. The zero-order valence-corrected chi connectivity index (χ0v) is 17.9. The normalized spacial score (nSPS) is 11.4. The van der Waals surface area contributed by atoms with Crippen LogP contribution < -0.4 is 19.5 Å². The topological polar surface area (TPSA) is 83.1 Å². The summed E-state index contributed by atoms with van der Waals surface area (Å²) in [5, 5.41) is 3.35. The van der Waals surface area contributed by atoms with Crippen LogP contribution >= 0.6 is 23.2 Å². The van der Waals surface area contributed by atoms with Crippen molar-refractivity contribution in [2.75, 3.05) is 26.6 Å². The molecule has 2 aromatic rings. The van der Waals surface area contributed by atoms with Crippen LogP contribution in [-0.2, 0) is 20.7 Å². The van der Waals surface area contributed by atoms with Crippen LogP contribution in [0.3, 0.4) is 0 Å². The molecule has 1 atom stereocenters. The summed E-state index contributed by atoms with van der Waals surface area (Å²) in [6.07, 6.45) is -1.11. The van der Waals surface area contributed by atoms with E-state index in [0.717, 1.165) is 0 Å². The van der Waals surface area contributed by atoms with Crippen molar-refractivity contribution in [3.05, 3.63) is 45.9 Å². The number of rotatable bonds is 8. The Kier molecular flexibility index (Phi) is 7.99. The lowest BCUT2D eigenvalue weighted by atomic mass is 10.1. The minimum absolute atomic E-state index is 0.0860. The Labute approximate surface area is 178 Å². The second kappa shape index (κ2) is 10.2. The largest absolute Gasteiger partial charge is 0.493 e. The summed E-state index contributed by atoms with van der Waals surface area (Å²) in [5.41, 5.74) is 0.985. The fraction of sp³-hybridized carbons (Fsp3) is 0.300. The molecule has 7 nitrogen and oxygen atoms in total. The van der Waals surface area contributed by atoms with Crippen molar-refractivity contribution in [3.63, 3.8) is 0 Å². The third-order valence-corrected chi connectivity index (χ3v) is 4.32. The van der Waals surface area contributed by atoms with E-state index in [2.05, 4.69) is 5.32 Å². The van der Waals surface area contributed by atoms with Crippen molar-refractivity contribution in [3.8, 4) is 17.2 Å². The maximum atomic E-state index is 12.3. The lowest BCUT2D eigenvalue weighted by Crippen LogP contribution is -2.30. The van der Waals surface area contributed by atoms with E-state index in [9.17, 15) is 9.59 Å². The molecule has 0 heterocycles. The maximum Gasteiger partial charge on any atom is 0.311 e. The van der Waals surface area contributed by atoms with Gasteiger partial charge in [0.1, 0.15) is 0 Å². The van der Waals surface area contributed by atoms with Crippen LogP contribution in [0.25, 0.3) is 0 Å². The van der Waals surface area contributed by atoms with Crippen LogP contribution in [0.5, 0.6) is 17.2 Å². The Hall–Kier alpha value is -2.64. The van der Waals surface area contributed by atoms with Gasteiger partial charge in [-0.2, -0.15) is 0 Å². The molecule has 0 radical (unpaired) electrons. The minimum Gasteiger partial charge on any atom is -0.493 e. The van der Waals surface area contributed by atoms with Crippen molar-refractivity contribution >= 4 is 40.8 Å². The van der Waals surface area contributed by atoms with E-state index in [1.807, 2.05) is 0 Å². The number of benzene rings is 2. The predicted molar refractivity (Wildman–Crippen MR) is 110 cm³/mol. The number of amides is 1. The number of anilines is 1. The summed E-state index contributed by atoms with van der Waals surface area (Å²) in [6, 6.07) is 7.90. The SMILES string of the molecule is COc1cc(CC(=O)O[C@@H](C)C(=O)Nc2cc(Cl)cc(Cl)c2)cc(OC)c1OC. The van der Waals surface area contributed by atoms with Crippen molar-refractivity contribution in [2.45, 2.75) is 19.4 Å². The van der Waals surface area contributed by atoms with Crippen LogP contribution in [0.15, 0.2) is 30.3 Å². The maximum absolute atomic E-state index is 12.3. The van der Waals surface area contributed by atoms with Gasteiger partial charge in [0.25, 0.3) is 5.91 Å². The van der Waals surface area contributed by atoms with Gasteiger partial charge >= 0.3 is 5.97 Å². The van der Waals surface area contributed by atoms with Gasteiger partial charge in [-0.1, -0.05) is 23.2 Å². The molecule has 0 spiro atoms. The quantitative estimate of drug-likeness (QED) is 0.619. The number of carbonyl (C=O) groups excluding carboxylic acids is 2. The predicted octanol–water partition coefficient (Wildman–Crippen LogP) is 4.13. The van der Waals surface area contributed by atoms with E-state index >= 15 is 0 Å². The molecule has 1 amide bonds. The average molecular weight is 442 g/mol. The molecule has 0 aliphatic carbocycles. The molecule has 0 unspecified atom stereocenters. The first kappa shape index (κ1) is 22.6. The summed E-state index contributed by atoms with van der Waals surface area (Å²) in [7, 11) is 4.45. The van der Waals surface area contributed by atoms with E-state index in [1.54, 1.807) is 18.2 Å². The third-order valence-electron chi connectivity index (χ3n) is 3.88. The Morgan fingerprint density at radius 2 is 1.48 bits per heavy atom. The molecule has 0 saturated carbocycles. The van der Waals surface area contributed by atoms with Gasteiger partial charge in [-0.25, -0.2) is 0 Å². The molecule has 0 saturated heterocycles. The molecule has 2 rings (SSSR count). The Balaban J connectivity index is 2.03. The number of esters is 1. The van der Waals surface area contributed by atoms with Gasteiger partial charge in [0.2, 0.25) is 5.75 Å². The summed E-state index contributed by atoms with van der Waals surface area (Å²) >= 11 is 11.8. The molecule has 1 N–H and O–H groups in total. The van der Waals surface area contributed by atoms with E-state index < -0.39 is 18.0 Å². The van der Waals surface area contributed by atoms with Crippen molar-refractivity contribution in [2.24, 2.45) is 0 Å². The minimum atomic E-state index is -1.03. The average Bonchev–Trinajstić information content (AvgIpc) is 2.65. The van der Waals surface area contributed by atoms with Crippen LogP contribution in [0.4, 0.5) is 5.69 Å². The Morgan fingerprint density at radius 3 is 1.97 bits per heavy atom. The number of hydrogen-bond donors (Lipinski definition) is 1. The molecule has 156 valence electrons. The highest BCUT2D eigenvalue weighted by atomic mass is 35.5. The molecular formula is C20H21Cl2NO6. The fourth-order valence-electron chi connectivity index (χ4n) is 2.57. The number of carbonyl (C=O) groups is 2. The Bertz CT molecular complexity index is 857. The van der Waals surface area contributed by atoms with Gasteiger partial charge in [0, 0.05) is 15.7 Å². The highest BCUT2D eigenvalue weighted by Crippen LogP contribution is 2.38. The second-order valence-corrected chi connectivity index (χ2v) is 6.86. The lowest BCUT2D eigenvalue weighted by molar-refractivity contribution is -0.152. The standard InChI is InChI=1S/C20H21Cl2NO6/c1-11(20(25)23-15-9-13(21)8-14(22)10-15)29-18(24)7-12-5-16(26-2)19(28-4)17(6-12)27-3/h5-6,8-11H,7H2,1-4H3,(H,23,25)/t11-/m0/s1. The highest BCUT2D eigenvalue weighted by Gasteiger charge is 2.20. The van der Waals surface area contributed by atoms with Gasteiger partial charge in [-0.3, -0.25) is 9.59 Å². The molecule has 0 aliphatic heterocycles. The number of halogens is 2. The van der Waals surface area contributed by atoms with Crippen molar-refractivity contribution in [1.82, 2.24) is 0 Å².